The zero-order valence-corrected chi connectivity index (χ0v) is 14.2. The second kappa shape index (κ2) is 7.27. The Bertz CT molecular complexity index is 825. The fraction of sp³-hybridized carbons (Fsp3) is 0.211. The zero-order chi connectivity index (χ0) is 17.8. The van der Waals surface area contributed by atoms with E-state index in [9.17, 15) is 4.79 Å². The first-order valence-electron chi connectivity index (χ1n) is 7.58. The Balaban J connectivity index is 1.89. The molecule has 0 bridgehead atoms. The molecule has 0 aromatic heterocycles. The van der Waals surface area contributed by atoms with Crippen LogP contribution in [-0.2, 0) is 4.74 Å². The molecule has 0 atom stereocenters. The number of hydrogen-bond donors (Lipinski definition) is 0. The molecule has 0 radical (unpaired) electrons. The fourth-order valence-electron chi connectivity index (χ4n) is 2.46. The Hall–Kier alpha value is -2.99. The van der Waals surface area contributed by atoms with Gasteiger partial charge in [-0.05, 0) is 35.9 Å². The van der Waals surface area contributed by atoms with Gasteiger partial charge in [-0.15, -0.1) is 0 Å². The lowest BCUT2D eigenvalue weighted by Gasteiger charge is -2.10. The van der Waals surface area contributed by atoms with Crippen LogP contribution >= 0.6 is 0 Å². The van der Waals surface area contributed by atoms with Gasteiger partial charge in [0.25, 0.3) is 0 Å². The van der Waals surface area contributed by atoms with Crippen LogP contribution < -0.4 is 18.9 Å². The number of fused-ring (bicyclic) bond motifs is 1. The first kappa shape index (κ1) is 16.9. The Morgan fingerprint density at radius 1 is 1.00 bits per heavy atom. The lowest BCUT2D eigenvalue weighted by molar-refractivity contribution is 0.0491. The van der Waals surface area contributed by atoms with Crippen LogP contribution in [0.25, 0.3) is 6.08 Å². The number of ketones is 1. The molecule has 0 amide bonds. The number of ether oxygens (including phenoxy) is 5. The van der Waals surface area contributed by atoms with Crippen molar-refractivity contribution in [2.24, 2.45) is 0 Å². The maximum Gasteiger partial charge on any atom is 0.231 e. The largest absolute Gasteiger partial charge is 0.497 e. The molecule has 0 unspecified atom stereocenters. The van der Waals surface area contributed by atoms with Crippen LogP contribution in [0.3, 0.4) is 0 Å². The molecule has 6 nitrogen and oxygen atoms in total. The van der Waals surface area contributed by atoms with Crippen molar-refractivity contribution in [1.82, 2.24) is 0 Å². The minimum absolute atomic E-state index is 0.0943. The molecule has 2 aromatic carbocycles. The maximum absolute atomic E-state index is 12.5. The summed E-state index contributed by atoms with van der Waals surface area (Å²) in [6.07, 6.45) is 1.66. The second-order valence-corrected chi connectivity index (χ2v) is 5.26. The molecule has 0 spiro atoms. The van der Waals surface area contributed by atoms with Crippen molar-refractivity contribution in [3.05, 3.63) is 53.3 Å². The monoisotopic (exact) mass is 342 g/mol. The molecule has 1 aliphatic rings. The summed E-state index contributed by atoms with van der Waals surface area (Å²) in [5.74, 6) is 2.28. The van der Waals surface area contributed by atoms with Crippen molar-refractivity contribution in [2.45, 2.75) is 0 Å². The van der Waals surface area contributed by atoms with E-state index < -0.39 is 0 Å². The number of methoxy groups -OCH3 is 3. The van der Waals surface area contributed by atoms with Crippen LogP contribution in [-0.4, -0.2) is 33.9 Å². The standard InChI is InChI=1S/C19H18O6/c1-21-11-24-17-8-12(4-7-15(17)23-3)9-18-19(20)14-6-5-13(22-2)10-16(14)25-18/h4-10H,11H2,1-3H3/b18-9-. The van der Waals surface area contributed by atoms with Gasteiger partial charge in [-0.3, -0.25) is 4.79 Å². The van der Waals surface area contributed by atoms with Crippen molar-refractivity contribution in [3.63, 3.8) is 0 Å². The third-order valence-corrected chi connectivity index (χ3v) is 3.69. The predicted octanol–water partition coefficient (Wildman–Crippen LogP) is 3.30. The van der Waals surface area contributed by atoms with Crippen LogP contribution in [0.1, 0.15) is 15.9 Å². The molecule has 1 aliphatic heterocycles. The molecule has 6 heteroatoms. The number of benzene rings is 2. The van der Waals surface area contributed by atoms with Gasteiger partial charge in [-0.1, -0.05) is 6.07 Å². The molecule has 1 heterocycles. The van der Waals surface area contributed by atoms with Gasteiger partial charge >= 0.3 is 0 Å². The normalized spacial score (nSPS) is 14.2. The number of carbonyl (C=O) groups is 1. The molecule has 0 saturated carbocycles. The summed E-state index contributed by atoms with van der Waals surface area (Å²) in [6, 6.07) is 10.4. The molecular formula is C19H18O6. The van der Waals surface area contributed by atoms with Gasteiger partial charge in [0.1, 0.15) is 11.5 Å². The third-order valence-electron chi connectivity index (χ3n) is 3.69. The zero-order valence-electron chi connectivity index (χ0n) is 14.2. The van der Waals surface area contributed by atoms with Crippen LogP contribution in [0.4, 0.5) is 0 Å². The summed E-state index contributed by atoms with van der Waals surface area (Å²) in [4.78, 5) is 12.5. The number of rotatable bonds is 6. The van der Waals surface area contributed by atoms with E-state index in [0.717, 1.165) is 5.56 Å². The molecule has 0 aliphatic carbocycles. The summed E-state index contributed by atoms with van der Waals surface area (Å²) >= 11 is 0. The summed E-state index contributed by atoms with van der Waals surface area (Å²) in [5.41, 5.74) is 1.26. The van der Waals surface area contributed by atoms with E-state index >= 15 is 0 Å². The first-order valence-corrected chi connectivity index (χ1v) is 7.58. The minimum Gasteiger partial charge on any atom is -0.497 e. The van der Waals surface area contributed by atoms with Gasteiger partial charge in [-0.25, -0.2) is 0 Å². The van der Waals surface area contributed by atoms with Crippen molar-refractivity contribution < 1.29 is 28.5 Å². The van der Waals surface area contributed by atoms with Gasteiger partial charge in [0, 0.05) is 13.2 Å². The van der Waals surface area contributed by atoms with Gasteiger partial charge < -0.3 is 23.7 Å². The molecule has 0 N–H and O–H groups in total. The third kappa shape index (κ3) is 3.44. The lowest BCUT2D eigenvalue weighted by atomic mass is 10.1. The first-order chi connectivity index (χ1) is 12.2. The molecular weight excluding hydrogens is 324 g/mol. The van der Waals surface area contributed by atoms with Crippen molar-refractivity contribution in [1.29, 1.82) is 0 Å². The molecule has 0 saturated heterocycles. The molecule has 0 fully saturated rings. The maximum atomic E-state index is 12.5. The van der Waals surface area contributed by atoms with Crippen molar-refractivity contribution in [2.75, 3.05) is 28.1 Å². The fourth-order valence-corrected chi connectivity index (χ4v) is 2.46. The SMILES string of the molecule is COCOc1cc(/C=C2\Oc3cc(OC)ccc3C2=O)ccc1OC. The Morgan fingerprint density at radius 3 is 2.56 bits per heavy atom. The summed E-state index contributed by atoms with van der Waals surface area (Å²) in [7, 11) is 4.66. The van der Waals surface area contributed by atoms with Gasteiger partial charge in [0.05, 0.1) is 19.8 Å². The molecule has 25 heavy (non-hydrogen) atoms. The summed E-state index contributed by atoms with van der Waals surface area (Å²) in [5, 5.41) is 0. The second-order valence-electron chi connectivity index (χ2n) is 5.26. The average molecular weight is 342 g/mol. The molecule has 2 aromatic rings. The van der Waals surface area contributed by atoms with Crippen molar-refractivity contribution >= 4 is 11.9 Å². The Kier molecular flexibility index (Phi) is 4.90. The summed E-state index contributed by atoms with van der Waals surface area (Å²) < 4.78 is 26.5. The number of Topliss-reactive ketones (excluding diaryl/α,β-unsaturated/α-hetero) is 1. The Morgan fingerprint density at radius 2 is 1.84 bits per heavy atom. The lowest BCUT2D eigenvalue weighted by Crippen LogP contribution is -2.01. The number of allylic oxidation sites excluding steroid dienone is 1. The van der Waals surface area contributed by atoms with Crippen LogP contribution in [0.2, 0.25) is 0 Å². The highest BCUT2D eigenvalue weighted by Gasteiger charge is 2.27. The molecule has 3 rings (SSSR count). The van der Waals surface area contributed by atoms with Gasteiger partial charge in [0.2, 0.25) is 5.78 Å². The highest BCUT2D eigenvalue weighted by atomic mass is 16.7. The highest BCUT2D eigenvalue weighted by Crippen LogP contribution is 2.35. The van der Waals surface area contributed by atoms with E-state index in [4.69, 9.17) is 23.7 Å². The Labute approximate surface area is 145 Å². The number of hydrogen-bond acceptors (Lipinski definition) is 6. The van der Waals surface area contributed by atoms with Crippen molar-refractivity contribution in [3.8, 4) is 23.0 Å². The molecule has 130 valence electrons. The number of carbonyl (C=O) groups excluding carboxylic acids is 1. The average Bonchev–Trinajstić information content (AvgIpc) is 2.95. The van der Waals surface area contributed by atoms with E-state index in [1.54, 1.807) is 50.6 Å². The topological polar surface area (TPSA) is 63.2 Å². The van der Waals surface area contributed by atoms with E-state index in [2.05, 4.69) is 0 Å². The van der Waals surface area contributed by atoms with E-state index in [0.29, 0.717) is 28.6 Å². The van der Waals surface area contributed by atoms with E-state index in [1.165, 1.54) is 7.11 Å². The van der Waals surface area contributed by atoms with Gasteiger partial charge in [0.15, 0.2) is 24.1 Å². The quantitative estimate of drug-likeness (QED) is 0.593. The highest BCUT2D eigenvalue weighted by molar-refractivity contribution is 6.14. The summed E-state index contributed by atoms with van der Waals surface area (Å²) in [6.45, 7) is 0.0943. The van der Waals surface area contributed by atoms with Crippen LogP contribution in [0, 0.1) is 0 Å². The van der Waals surface area contributed by atoms with E-state index in [1.807, 2.05) is 6.07 Å². The predicted molar refractivity (Wildman–Crippen MR) is 91.4 cm³/mol. The van der Waals surface area contributed by atoms with Crippen LogP contribution in [0.15, 0.2) is 42.2 Å². The van der Waals surface area contributed by atoms with Crippen LogP contribution in [0.5, 0.6) is 23.0 Å². The van der Waals surface area contributed by atoms with Gasteiger partial charge in [-0.2, -0.15) is 0 Å². The minimum atomic E-state index is -0.173. The van der Waals surface area contributed by atoms with E-state index in [-0.39, 0.29) is 18.3 Å². The smallest absolute Gasteiger partial charge is 0.231 e.